The fourth-order valence-corrected chi connectivity index (χ4v) is 3.61. The van der Waals surface area contributed by atoms with Gasteiger partial charge in [0, 0.05) is 0 Å². The first-order chi connectivity index (χ1) is 8.51. The van der Waals surface area contributed by atoms with Crippen LogP contribution in [0.5, 0.6) is 0 Å². The van der Waals surface area contributed by atoms with Crippen LogP contribution < -0.4 is 5.32 Å². The Morgan fingerprint density at radius 2 is 1.67 bits per heavy atom. The van der Waals surface area contributed by atoms with Crippen LogP contribution in [0, 0.1) is 0 Å². The topological polar surface area (TPSA) is 54.0 Å². The molecule has 0 aliphatic carbocycles. The number of quaternary nitrogens is 1. The summed E-state index contributed by atoms with van der Waals surface area (Å²) >= 11 is 0. The van der Waals surface area contributed by atoms with E-state index in [1.165, 1.54) is 5.56 Å². The van der Waals surface area contributed by atoms with E-state index >= 15 is 0 Å². The van der Waals surface area contributed by atoms with Gasteiger partial charge in [0.2, 0.25) is 10.0 Å². The third kappa shape index (κ3) is 2.74. The highest BCUT2D eigenvalue weighted by Crippen LogP contribution is 2.20. The lowest BCUT2D eigenvalue weighted by Crippen LogP contribution is -2.89. The van der Waals surface area contributed by atoms with Gasteiger partial charge in [-0.25, -0.2) is 8.42 Å². The molecule has 1 aliphatic rings. The molecule has 0 aromatic heterocycles. The number of piperazine rings is 1. The van der Waals surface area contributed by atoms with E-state index in [0.717, 1.165) is 13.1 Å². The van der Waals surface area contributed by atoms with Gasteiger partial charge in [0.15, 0.2) is 0 Å². The summed E-state index contributed by atoms with van der Waals surface area (Å²) in [6, 6.07) is 7.27. The van der Waals surface area contributed by atoms with E-state index in [9.17, 15) is 8.42 Å². The van der Waals surface area contributed by atoms with Crippen molar-refractivity contribution in [2.24, 2.45) is 0 Å². The molecule has 0 unspecified atom stereocenters. The Kier molecular flexibility index (Phi) is 4.04. The molecular formula is C13H21N2O2S+. The maximum atomic E-state index is 12.4. The number of hydrogen-bond donors (Lipinski definition) is 1. The molecular weight excluding hydrogens is 248 g/mol. The lowest BCUT2D eigenvalue weighted by atomic mass is 10.0. The van der Waals surface area contributed by atoms with E-state index in [1.807, 2.05) is 12.1 Å². The van der Waals surface area contributed by atoms with Crippen LogP contribution in [-0.2, 0) is 10.0 Å². The predicted octanol–water partition coefficient (Wildman–Crippen LogP) is 0.378. The zero-order valence-corrected chi connectivity index (χ0v) is 11.8. The Morgan fingerprint density at radius 3 is 2.17 bits per heavy atom. The van der Waals surface area contributed by atoms with Gasteiger partial charge >= 0.3 is 0 Å². The van der Waals surface area contributed by atoms with Gasteiger partial charge in [-0.3, -0.25) is 0 Å². The monoisotopic (exact) mass is 269 g/mol. The minimum Gasteiger partial charge on any atom is -0.344 e. The van der Waals surface area contributed by atoms with Gasteiger partial charge in [-0.2, -0.15) is 4.31 Å². The first-order valence-electron chi connectivity index (χ1n) is 6.43. The number of hydrogen-bond acceptors (Lipinski definition) is 2. The quantitative estimate of drug-likeness (QED) is 0.862. The molecule has 1 aromatic carbocycles. The molecule has 4 nitrogen and oxygen atoms in total. The molecule has 18 heavy (non-hydrogen) atoms. The molecule has 1 heterocycles. The van der Waals surface area contributed by atoms with Crippen molar-refractivity contribution in [2.75, 3.05) is 26.2 Å². The van der Waals surface area contributed by atoms with E-state index in [-0.39, 0.29) is 0 Å². The van der Waals surface area contributed by atoms with Crippen LogP contribution in [0.15, 0.2) is 29.2 Å². The van der Waals surface area contributed by atoms with Crippen LogP contribution in [-0.4, -0.2) is 38.9 Å². The molecule has 1 fully saturated rings. The molecule has 1 aromatic rings. The lowest BCUT2D eigenvalue weighted by molar-refractivity contribution is -0.661. The average Bonchev–Trinajstić information content (AvgIpc) is 2.40. The summed E-state index contributed by atoms with van der Waals surface area (Å²) in [5, 5.41) is 2.15. The normalized spacial score (nSPS) is 18.2. The van der Waals surface area contributed by atoms with Gasteiger partial charge in [0.05, 0.1) is 31.1 Å². The number of benzene rings is 1. The highest BCUT2D eigenvalue weighted by Gasteiger charge is 2.26. The largest absolute Gasteiger partial charge is 0.344 e. The van der Waals surface area contributed by atoms with Crippen LogP contribution >= 0.6 is 0 Å². The summed E-state index contributed by atoms with van der Waals surface area (Å²) < 4.78 is 26.3. The molecule has 0 bridgehead atoms. The van der Waals surface area contributed by atoms with Crippen LogP contribution in [0.25, 0.3) is 0 Å². The zero-order valence-electron chi connectivity index (χ0n) is 11.0. The molecule has 0 amide bonds. The smallest absolute Gasteiger partial charge is 0.243 e. The van der Waals surface area contributed by atoms with Gasteiger partial charge < -0.3 is 5.32 Å². The second kappa shape index (κ2) is 5.38. The van der Waals surface area contributed by atoms with E-state index < -0.39 is 10.0 Å². The third-order valence-electron chi connectivity index (χ3n) is 3.35. The van der Waals surface area contributed by atoms with Crippen molar-refractivity contribution < 1.29 is 13.7 Å². The Labute approximate surface area is 109 Å². The Morgan fingerprint density at radius 1 is 1.11 bits per heavy atom. The van der Waals surface area contributed by atoms with Crippen molar-refractivity contribution in [3.8, 4) is 0 Å². The van der Waals surface area contributed by atoms with Crippen molar-refractivity contribution in [2.45, 2.75) is 24.7 Å². The standard InChI is InChI=1S/C13H20N2O2S/c1-11(2)12-3-5-13(6-4-12)18(16,17)15-9-7-14-8-10-15/h3-6,11,14H,7-10H2,1-2H3/p+1. The third-order valence-corrected chi connectivity index (χ3v) is 5.26. The molecule has 0 spiro atoms. The molecule has 0 atom stereocenters. The van der Waals surface area contributed by atoms with Gasteiger partial charge in [-0.15, -0.1) is 0 Å². The Balaban J connectivity index is 2.23. The van der Waals surface area contributed by atoms with Gasteiger partial charge in [0.25, 0.3) is 0 Å². The first-order valence-corrected chi connectivity index (χ1v) is 7.87. The molecule has 1 aliphatic heterocycles. The fraction of sp³-hybridized carbons (Fsp3) is 0.538. The van der Waals surface area contributed by atoms with Crippen LogP contribution in [0.1, 0.15) is 25.3 Å². The molecule has 100 valence electrons. The molecule has 2 rings (SSSR count). The van der Waals surface area contributed by atoms with Crippen molar-refractivity contribution in [3.05, 3.63) is 29.8 Å². The second-order valence-corrected chi connectivity index (χ2v) is 6.93. The first kappa shape index (κ1) is 13.5. The highest BCUT2D eigenvalue weighted by molar-refractivity contribution is 7.89. The number of sulfonamides is 1. The summed E-state index contributed by atoms with van der Waals surface area (Å²) in [5.74, 6) is 0.423. The van der Waals surface area contributed by atoms with E-state index in [2.05, 4.69) is 19.2 Å². The van der Waals surface area contributed by atoms with E-state index in [1.54, 1.807) is 16.4 Å². The minimum absolute atomic E-state index is 0.411. The molecule has 0 saturated carbocycles. The summed E-state index contributed by atoms with van der Waals surface area (Å²) in [6.07, 6.45) is 0. The van der Waals surface area contributed by atoms with Crippen molar-refractivity contribution in [1.82, 2.24) is 4.31 Å². The van der Waals surface area contributed by atoms with Gasteiger partial charge in [-0.1, -0.05) is 26.0 Å². The summed E-state index contributed by atoms with van der Waals surface area (Å²) in [5.41, 5.74) is 1.17. The van der Waals surface area contributed by atoms with Crippen LogP contribution in [0.2, 0.25) is 0 Å². The van der Waals surface area contributed by atoms with Crippen molar-refractivity contribution in [3.63, 3.8) is 0 Å². The highest BCUT2D eigenvalue weighted by atomic mass is 32.2. The zero-order chi connectivity index (χ0) is 13.2. The molecule has 1 saturated heterocycles. The van der Waals surface area contributed by atoms with Crippen LogP contribution in [0.4, 0.5) is 0 Å². The molecule has 5 heteroatoms. The minimum atomic E-state index is -3.29. The second-order valence-electron chi connectivity index (χ2n) is 4.99. The average molecular weight is 269 g/mol. The van der Waals surface area contributed by atoms with E-state index in [0.29, 0.717) is 23.9 Å². The van der Waals surface area contributed by atoms with Gasteiger partial charge in [0.1, 0.15) is 0 Å². The van der Waals surface area contributed by atoms with Crippen LogP contribution in [0.3, 0.4) is 0 Å². The van der Waals surface area contributed by atoms with Crippen molar-refractivity contribution in [1.29, 1.82) is 0 Å². The fourth-order valence-electron chi connectivity index (χ4n) is 2.14. The Hall–Kier alpha value is -0.910. The molecule has 0 radical (unpaired) electrons. The predicted molar refractivity (Wildman–Crippen MR) is 70.9 cm³/mol. The number of rotatable bonds is 3. The summed E-state index contributed by atoms with van der Waals surface area (Å²) in [4.78, 5) is 0.411. The number of nitrogens with two attached hydrogens (primary N) is 1. The lowest BCUT2D eigenvalue weighted by Gasteiger charge is -2.24. The van der Waals surface area contributed by atoms with Crippen molar-refractivity contribution >= 4 is 10.0 Å². The molecule has 2 N–H and O–H groups in total. The number of nitrogens with zero attached hydrogens (tertiary/aromatic N) is 1. The summed E-state index contributed by atoms with van der Waals surface area (Å²) in [6.45, 7) is 7.11. The van der Waals surface area contributed by atoms with Gasteiger partial charge in [-0.05, 0) is 23.6 Å². The summed E-state index contributed by atoms with van der Waals surface area (Å²) in [7, 11) is -3.29. The van der Waals surface area contributed by atoms with E-state index in [4.69, 9.17) is 0 Å². The maximum Gasteiger partial charge on any atom is 0.243 e. The maximum absolute atomic E-state index is 12.4. The SMILES string of the molecule is CC(C)c1ccc(S(=O)(=O)N2CC[NH2+]CC2)cc1. The Bertz CT molecular complexity index is 488.